The van der Waals surface area contributed by atoms with Crippen molar-refractivity contribution in [2.75, 3.05) is 0 Å². The molecule has 0 aliphatic heterocycles. The van der Waals surface area contributed by atoms with Crippen LogP contribution in [0.3, 0.4) is 0 Å². The van der Waals surface area contributed by atoms with Crippen LogP contribution in [0.2, 0.25) is 0 Å². The SMILES string of the molecule is CCCCCCCCC(Cl)Cc1ccsc1. The lowest BCUT2D eigenvalue weighted by Crippen LogP contribution is -2.02. The fraction of sp³-hybridized carbons (Fsp3) is 0.714. The number of hydrogen-bond acceptors (Lipinski definition) is 1. The number of thiophene rings is 1. The second kappa shape index (κ2) is 9.07. The maximum atomic E-state index is 6.32. The van der Waals surface area contributed by atoms with Crippen LogP contribution >= 0.6 is 22.9 Å². The van der Waals surface area contributed by atoms with Crippen LogP contribution < -0.4 is 0 Å². The summed E-state index contributed by atoms with van der Waals surface area (Å²) in [6.45, 7) is 2.26. The first kappa shape index (κ1) is 14.1. The molecule has 1 rings (SSSR count). The van der Waals surface area contributed by atoms with Gasteiger partial charge in [-0.2, -0.15) is 11.3 Å². The summed E-state index contributed by atoms with van der Waals surface area (Å²) in [5.41, 5.74) is 1.40. The molecular weight excluding hydrogens is 236 g/mol. The lowest BCUT2D eigenvalue weighted by Gasteiger charge is -2.07. The molecule has 1 aromatic rings. The first-order valence-corrected chi connectivity index (χ1v) is 7.86. The van der Waals surface area contributed by atoms with E-state index in [4.69, 9.17) is 11.6 Å². The topological polar surface area (TPSA) is 0 Å². The molecule has 0 saturated carbocycles. The van der Waals surface area contributed by atoms with Crippen LogP contribution in [0, 0.1) is 0 Å². The number of hydrogen-bond donors (Lipinski definition) is 0. The third-order valence-corrected chi connectivity index (χ3v) is 4.01. The predicted octanol–water partition coefficient (Wildman–Crippen LogP) is 5.65. The van der Waals surface area contributed by atoms with Crippen LogP contribution in [0.5, 0.6) is 0 Å². The van der Waals surface area contributed by atoms with E-state index >= 15 is 0 Å². The van der Waals surface area contributed by atoms with Gasteiger partial charge in [0.15, 0.2) is 0 Å². The highest BCUT2D eigenvalue weighted by Gasteiger charge is 2.05. The molecule has 1 unspecified atom stereocenters. The summed E-state index contributed by atoms with van der Waals surface area (Å²) in [6.07, 6.45) is 10.4. The van der Waals surface area contributed by atoms with Crippen molar-refractivity contribution in [2.24, 2.45) is 0 Å². The summed E-state index contributed by atoms with van der Waals surface area (Å²) < 4.78 is 0. The van der Waals surface area contributed by atoms with Crippen molar-refractivity contribution in [2.45, 2.75) is 63.7 Å². The van der Waals surface area contributed by atoms with Crippen LogP contribution in [0.1, 0.15) is 57.4 Å². The third-order valence-electron chi connectivity index (χ3n) is 2.91. The van der Waals surface area contributed by atoms with E-state index in [-0.39, 0.29) is 0 Å². The molecule has 0 bridgehead atoms. The average Bonchev–Trinajstić information content (AvgIpc) is 2.76. The summed E-state index contributed by atoms with van der Waals surface area (Å²) in [5, 5.41) is 4.67. The minimum absolute atomic E-state index is 0.334. The van der Waals surface area contributed by atoms with Gasteiger partial charge < -0.3 is 0 Å². The fourth-order valence-electron chi connectivity index (χ4n) is 1.91. The summed E-state index contributed by atoms with van der Waals surface area (Å²) in [4.78, 5) is 0. The highest BCUT2D eigenvalue weighted by atomic mass is 35.5. The first-order valence-electron chi connectivity index (χ1n) is 6.48. The van der Waals surface area contributed by atoms with Crippen molar-refractivity contribution >= 4 is 22.9 Å². The van der Waals surface area contributed by atoms with Gasteiger partial charge in [-0.25, -0.2) is 0 Å². The molecule has 0 saturated heterocycles. The largest absolute Gasteiger partial charge is 0.152 e. The Hall–Kier alpha value is -0.0100. The van der Waals surface area contributed by atoms with Crippen molar-refractivity contribution in [3.63, 3.8) is 0 Å². The van der Waals surface area contributed by atoms with Gasteiger partial charge in [-0.15, -0.1) is 11.6 Å². The molecule has 16 heavy (non-hydrogen) atoms. The van der Waals surface area contributed by atoms with Gasteiger partial charge >= 0.3 is 0 Å². The zero-order valence-electron chi connectivity index (χ0n) is 10.3. The second-order valence-electron chi connectivity index (χ2n) is 4.49. The van der Waals surface area contributed by atoms with Gasteiger partial charge in [0, 0.05) is 5.38 Å². The zero-order valence-corrected chi connectivity index (χ0v) is 11.8. The maximum absolute atomic E-state index is 6.32. The van der Waals surface area contributed by atoms with Crippen LogP contribution in [-0.4, -0.2) is 5.38 Å². The van der Waals surface area contributed by atoms with E-state index in [2.05, 4.69) is 23.8 Å². The molecule has 1 heterocycles. The lowest BCUT2D eigenvalue weighted by atomic mass is 10.1. The smallest absolute Gasteiger partial charge is 0.0376 e. The Balaban J connectivity index is 1.96. The third kappa shape index (κ3) is 6.55. The number of rotatable bonds is 9. The standard InChI is InChI=1S/C14H23ClS/c1-2-3-4-5-6-7-8-14(15)11-13-9-10-16-12-13/h9-10,12,14H,2-8,11H2,1H3. The minimum Gasteiger partial charge on any atom is -0.152 e. The molecule has 1 atom stereocenters. The Labute approximate surface area is 109 Å². The van der Waals surface area contributed by atoms with E-state index in [0.717, 1.165) is 6.42 Å². The fourth-order valence-corrected chi connectivity index (χ4v) is 2.93. The molecule has 0 spiro atoms. The van der Waals surface area contributed by atoms with Crippen LogP contribution in [0.4, 0.5) is 0 Å². The number of unbranched alkanes of at least 4 members (excludes halogenated alkanes) is 5. The van der Waals surface area contributed by atoms with Crippen molar-refractivity contribution in [1.82, 2.24) is 0 Å². The Bertz CT molecular complexity index is 243. The van der Waals surface area contributed by atoms with Gasteiger partial charge in [0.1, 0.15) is 0 Å². The average molecular weight is 259 g/mol. The monoisotopic (exact) mass is 258 g/mol. The van der Waals surface area contributed by atoms with Gasteiger partial charge in [-0.1, -0.05) is 45.4 Å². The van der Waals surface area contributed by atoms with E-state index in [9.17, 15) is 0 Å². The van der Waals surface area contributed by atoms with E-state index in [1.165, 1.54) is 50.5 Å². The number of alkyl halides is 1. The number of halogens is 1. The van der Waals surface area contributed by atoms with E-state index in [0.29, 0.717) is 5.38 Å². The molecule has 0 aliphatic carbocycles. The predicted molar refractivity (Wildman–Crippen MR) is 75.7 cm³/mol. The highest BCUT2D eigenvalue weighted by Crippen LogP contribution is 2.17. The van der Waals surface area contributed by atoms with Crippen LogP contribution in [0.25, 0.3) is 0 Å². The summed E-state index contributed by atoms with van der Waals surface area (Å²) >= 11 is 8.08. The molecule has 0 nitrogen and oxygen atoms in total. The van der Waals surface area contributed by atoms with Crippen molar-refractivity contribution < 1.29 is 0 Å². The van der Waals surface area contributed by atoms with E-state index < -0.39 is 0 Å². The van der Waals surface area contributed by atoms with E-state index in [1.807, 2.05) is 0 Å². The minimum atomic E-state index is 0.334. The molecule has 0 fully saturated rings. The van der Waals surface area contributed by atoms with Gasteiger partial charge in [0.05, 0.1) is 0 Å². The molecule has 2 heteroatoms. The highest BCUT2D eigenvalue weighted by molar-refractivity contribution is 7.07. The molecular formula is C14H23ClS. The molecule has 1 aromatic heterocycles. The lowest BCUT2D eigenvalue weighted by molar-refractivity contribution is 0.578. The van der Waals surface area contributed by atoms with Crippen LogP contribution in [0.15, 0.2) is 16.8 Å². The van der Waals surface area contributed by atoms with Crippen molar-refractivity contribution in [3.05, 3.63) is 22.4 Å². The van der Waals surface area contributed by atoms with E-state index in [1.54, 1.807) is 11.3 Å². The molecule has 0 amide bonds. The maximum Gasteiger partial charge on any atom is 0.0376 e. The Morgan fingerprint density at radius 3 is 2.62 bits per heavy atom. The molecule has 0 radical (unpaired) electrons. The van der Waals surface area contributed by atoms with Gasteiger partial charge in [-0.05, 0) is 35.2 Å². The summed E-state index contributed by atoms with van der Waals surface area (Å²) in [5.74, 6) is 0. The first-order chi connectivity index (χ1) is 7.83. The van der Waals surface area contributed by atoms with Crippen LogP contribution in [-0.2, 0) is 6.42 Å². The molecule has 0 N–H and O–H groups in total. The molecule has 0 aliphatic rings. The van der Waals surface area contributed by atoms with Gasteiger partial charge in [-0.3, -0.25) is 0 Å². The Kier molecular flexibility index (Phi) is 7.96. The van der Waals surface area contributed by atoms with Crippen molar-refractivity contribution in [3.8, 4) is 0 Å². The summed E-state index contributed by atoms with van der Waals surface area (Å²) in [7, 11) is 0. The molecule has 0 aromatic carbocycles. The zero-order chi connectivity index (χ0) is 11.6. The van der Waals surface area contributed by atoms with Gasteiger partial charge in [0.2, 0.25) is 0 Å². The summed E-state index contributed by atoms with van der Waals surface area (Å²) in [6, 6.07) is 2.18. The Morgan fingerprint density at radius 1 is 1.19 bits per heavy atom. The van der Waals surface area contributed by atoms with Crippen molar-refractivity contribution in [1.29, 1.82) is 0 Å². The second-order valence-corrected chi connectivity index (χ2v) is 5.89. The van der Waals surface area contributed by atoms with Gasteiger partial charge in [0.25, 0.3) is 0 Å². The normalized spacial score (nSPS) is 12.9. The quantitative estimate of drug-likeness (QED) is 0.397. The molecule has 92 valence electrons. The Morgan fingerprint density at radius 2 is 1.94 bits per heavy atom.